The van der Waals surface area contributed by atoms with Crippen LogP contribution in [0, 0.1) is 11.8 Å². The predicted molar refractivity (Wildman–Crippen MR) is 125 cm³/mol. The number of nitrogens with two attached hydrogens (primary N) is 1. The van der Waals surface area contributed by atoms with E-state index in [-0.39, 0.29) is 28.8 Å². The SMILES string of the molecule is CCc1ccc(CN2CC[C@@H](SC3=C(C(=O)O)N4C(=O)[C@H]([C@@H](C)O)[C@H]4[C@H]3C)C2)cc1CN. The molecule has 1 aromatic rings. The van der Waals surface area contributed by atoms with Crippen molar-refractivity contribution in [2.24, 2.45) is 17.6 Å². The molecule has 2 saturated heterocycles. The van der Waals surface area contributed by atoms with E-state index >= 15 is 0 Å². The van der Waals surface area contributed by atoms with Gasteiger partial charge >= 0.3 is 5.97 Å². The van der Waals surface area contributed by atoms with Crippen LogP contribution in [0.15, 0.2) is 28.8 Å². The summed E-state index contributed by atoms with van der Waals surface area (Å²) < 4.78 is 0. The van der Waals surface area contributed by atoms with Crippen LogP contribution in [-0.2, 0) is 29.1 Å². The van der Waals surface area contributed by atoms with Crippen molar-refractivity contribution in [1.82, 2.24) is 9.80 Å². The molecule has 3 aliphatic rings. The Balaban J connectivity index is 1.44. The summed E-state index contributed by atoms with van der Waals surface area (Å²) >= 11 is 1.61. The van der Waals surface area contributed by atoms with Gasteiger partial charge in [-0.25, -0.2) is 4.79 Å². The van der Waals surface area contributed by atoms with Crippen LogP contribution in [0.3, 0.4) is 0 Å². The van der Waals surface area contributed by atoms with E-state index in [0.717, 1.165) is 37.4 Å². The predicted octanol–water partition coefficient (Wildman–Crippen LogP) is 2.17. The lowest BCUT2D eigenvalue weighted by molar-refractivity contribution is -0.163. The topological polar surface area (TPSA) is 107 Å². The van der Waals surface area contributed by atoms with E-state index < -0.39 is 18.0 Å². The number of amides is 1. The van der Waals surface area contributed by atoms with Gasteiger partial charge in [0.15, 0.2) is 0 Å². The Bertz CT molecular complexity index is 947. The number of hydrogen-bond donors (Lipinski definition) is 3. The number of β-lactam (4-membered cyclic amide) rings is 1. The molecule has 32 heavy (non-hydrogen) atoms. The van der Waals surface area contributed by atoms with Crippen LogP contribution >= 0.6 is 11.8 Å². The standard InChI is InChI=1S/C24H33N3O4S/c1-4-16-6-5-15(9-17(16)10-25)11-26-8-7-18(12-26)32-22-13(2)20-19(14(3)28)23(29)27(20)21(22)24(30)31/h5-6,9,13-14,18-20,28H,4,7-8,10-12,25H2,1-3H3,(H,30,31)/t13-,14-,18-,19-,20-/m1/s1. The number of nitrogens with zero attached hydrogens (tertiary/aromatic N) is 2. The van der Waals surface area contributed by atoms with Crippen molar-refractivity contribution in [3.8, 4) is 0 Å². The van der Waals surface area contributed by atoms with E-state index in [0.29, 0.717) is 6.54 Å². The Kier molecular flexibility index (Phi) is 6.68. The molecule has 0 unspecified atom stereocenters. The fraction of sp³-hybridized carbons (Fsp3) is 0.583. The normalized spacial score (nSPS) is 28.8. The lowest BCUT2D eigenvalue weighted by Gasteiger charge is -2.46. The number of carbonyl (C=O) groups is 2. The molecule has 0 aromatic heterocycles. The van der Waals surface area contributed by atoms with Gasteiger partial charge in [-0.2, -0.15) is 0 Å². The van der Waals surface area contributed by atoms with E-state index in [4.69, 9.17) is 5.73 Å². The summed E-state index contributed by atoms with van der Waals surface area (Å²) in [6.45, 7) is 8.96. The maximum Gasteiger partial charge on any atom is 0.353 e. The Hall–Kier alpha value is -1.87. The number of carboxylic acids is 1. The van der Waals surface area contributed by atoms with Crippen molar-refractivity contribution >= 4 is 23.6 Å². The van der Waals surface area contributed by atoms with Crippen LogP contribution in [0.1, 0.15) is 43.9 Å². The highest BCUT2D eigenvalue weighted by molar-refractivity contribution is 8.03. The first-order valence-electron chi connectivity index (χ1n) is 11.4. The van der Waals surface area contributed by atoms with Crippen LogP contribution in [0.25, 0.3) is 0 Å². The highest BCUT2D eigenvalue weighted by atomic mass is 32.2. The number of aliphatic carboxylic acids is 1. The minimum Gasteiger partial charge on any atom is -0.477 e. The van der Waals surface area contributed by atoms with Crippen LogP contribution in [0.4, 0.5) is 0 Å². The zero-order valence-corrected chi connectivity index (χ0v) is 19.8. The van der Waals surface area contributed by atoms with Crippen LogP contribution in [0.2, 0.25) is 0 Å². The van der Waals surface area contributed by atoms with Crippen molar-refractivity contribution in [3.05, 3.63) is 45.5 Å². The number of aliphatic hydroxyl groups excluding tert-OH is 1. The maximum absolute atomic E-state index is 12.5. The van der Waals surface area contributed by atoms with Crippen LogP contribution < -0.4 is 5.73 Å². The molecule has 174 valence electrons. The summed E-state index contributed by atoms with van der Waals surface area (Å²) in [5.41, 5.74) is 9.79. The number of rotatable bonds is 8. The molecule has 0 radical (unpaired) electrons. The third-order valence-corrected chi connectivity index (χ3v) is 8.65. The van der Waals surface area contributed by atoms with E-state index in [2.05, 4.69) is 30.0 Å². The zero-order valence-electron chi connectivity index (χ0n) is 19.0. The molecule has 4 N–H and O–H groups in total. The third-order valence-electron chi connectivity index (χ3n) is 7.11. The molecule has 0 aliphatic carbocycles. The maximum atomic E-state index is 12.5. The second-order valence-corrected chi connectivity index (χ2v) is 10.5. The molecule has 8 heteroatoms. The number of carboxylic acid groups (broad SMARTS) is 1. The molecule has 0 saturated carbocycles. The number of carbonyl (C=O) groups excluding carboxylic acids is 1. The van der Waals surface area contributed by atoms with Crippen molar-refractivity contribution < 1.29 is 19.8 Å². The molecule has 2 fully saturated rings. The summed E-state index contributed by atoms with van der Waals surface area (Å²) in [6, 6.07) is 6.30. The molecule has 0 bridgehead atoms. The summed E-state index contributed by atoms with van der Waals surface area (Å²) in [5, 5.41) is 20.1. The first-order chi connectivity index (χ1) is 15.3. The first-order valence-corrected chi connectivity index (χ1v) is 12.3. The molecule has 7 nitrogen and oxygen atoms in total. The fourth-order valence-electron chi connectivity index (χ4n) is 5.47. The smallest absolute Gasteiger partial charge is 0.353 e. The summed E-state index contributed by atoms with van der Waals surface area (Å²) in [7, 11) is 0. The van der Waals surface area contributed by atoms with Gasteiger partial charge in [0.05, 0.1) is 18.1 Å². The Morgan fingerprint density at radius 1 is 1.34 bits per heavy atom. The Morgan fingerprint density at radius 3 is 2.72 bits per heavy atom. The lowest BCUT2D eigenvalue weighted by atomic mass is 9.79. The molecule has 3 heterocycles. The van der Waals surface area contributed by atoms with Crippen LogP contribution in [0.5, 0.6) is 0 Å². The number of aryl methyl sites for hydroxylation is 1. The van der Waals surface area contributed by atoms with Gasteiger partial charge in [-0.3, -0.25) is 9.69 Å². The third kappa shape index (κ3) is 3.98. The molecule has 0 spiro atoms. The fourth-order valence-corrected chi connectivity index (χ4v) is 6.99. The van der Waals surface area contributed by atoms with Gasteiger partial charge in [-0.05, 0) is 43.0 Å². The second kappa shape index (κ2) is 9.17. The minimum atomic E-state index is -1.06. The largest absolute Gasteiger partial charge is 0.477 e. The monoisotopic (exact) mass is 459 g/mol. The number of fused-ring (bicyclic) bond motifs is 1. The van der Waals surface area contributed by atoms with E-state index in [9.17, 15) is 19.8 Å². The Labute approximate surface area is 193 Å². The van der Waals surface area contributed by atoms with Gasteiger partial charge in [0.25, 0.3) is 0 Å². The van der Waals surface area contributed by atoms with E-state index in [1.54, 1.807) is 18.7 Å². The van der Waals surface area contributed by atoms with Crippen molar-refractivity contribution in [2.45, 2.75) is 64.1 Å². The molecule has 3 aliphatic heterocycles. The molecule has 1 aromatic carbocycles. The highest BCUT2D eigenvalue weighted by Gasteiger charge is 2.60. The van der Waals surface area contributed by atoms with Gasteiger partial charge in [-0.1, -0.05) is 32.0 Å². The van der Waals surface area contributed by atoms with Crippen LogP contribution in [-0.4, -0.2) is 62.4 Å². The van der Waals surface area contributed by atoms with Crippen molar-refractivity contribution in [3.63, 3.8) is 0 Å². The number of hydrogen-bond acceptors (Lipinski definition) is 6. The van der Waals surface area contributed by atoms with E-state index in [1.165, 1.54) is 21.6 Å². The molecule has 1 amide bonds. The average molecular weight is 460 g/mol. The first kappa shape index (κ1) is 23.3. The number of thioether (sulfide) groups is 1. The van der Waals surface area contributed by atoms with Gasteiger partial charge in [0, 0.05) is 35.7 Å². The number of benzene rings is 1. The summed E-state index contributed by atoms with van der Waals surface area (Å²) in [4.78, 5) is 29.1. The number of likely N-dealkylation sites (tertiary alicyclic amines) is 1. The molecular weight excluding hydrogens is 426 g/mol. The molecular formula is C24H33N3O4S. The Morgan fingerprint density at radius 2 is 2.09 bits per heavy atom. The average Bonchev–Trinajstić information content (AvgIpc) is 3.28. The van der Waals surface area contributed by atoms with Gasteiger partial charge < -0.3 is 20.8 Å². The highest BCUT2D eigenvalue weighted by Crippen LogP contribution is 2.51. The summed E-state index contributed by atoms with van der Waals surface area (Å²) in [5.74, 6) is -1.92. The van der Waals surface area contributed by atoms with Crippen molar-refractivity contribution in [2.75, 3.05) is 13.1 Å². The summed E-state index contributed by atoms with van der Waals surface area (Å²) in [6.07, 6.45) is 1.18. The quantitative estimate of drug-likeness (QED) is 0.512. The number of aliphatic hydroxyl groups is 1. The molecule has 4 rings (SSSR count). The molecule has 5 atom stereocenters. The van der Waals surface area contributed by atoms with Gasteiger partial charge in [0.2, 0.25) is 5.91 Å². The zero-order chi connectivity index (χ0) is 23.2. The van der Waals surface area contributed by atoms with Gasteiger partial charge in [-0.15, -0.1) is 11.8 Å². The van der Waals surface area contributed by atoms with Gasteiger partial charge in [0.1, 0.15) is 5.70 Å². The second-order valence-electron chi connectivity index (χ2n) is 9.20. The minimum absolute atomic E-state index is 0.0776. The van der Waals surface area contributed by atoms with Crippen molar-refractivity contribution in [1.29, 1.82) is 0 Å². The van der Waals surface area contributed by atoms with E-state index in [1.807, 2.05) is 6.92 Å². The lowest BCUT2D eigenvalue weighted by Crippen LogP contribution is -2.63.